The molecule has 0 aliphatic carbocycles. The molecule has 3 nitrogen and oxygen atoms in total. The fourth-order valence-corrected chi connectivity index (χ4v) is 1.71. The first-order valence-electron chi connectivity index (χ1n) is 6.66. The Morgan fingerprint density at radius 3 is 2.53 bits per heavy atom. The standard InChI is InChI=1S/C14H27N3/c1-12(2)17-11-13(10-16-17)8-6-7-9-15-14(3,4)5/h10-12,15H,6-9H2,1-5H3. The summed E-state index contributed by atoms with van der Waals surface area (Å²) in [4.78, 5) is 0. The van der Waals surface area contributed by atoms with Crippen LogP contribution in [-0.4, -0.2) is 21.9 Å². The molecule has 1 rings (SSSR count). The van der Waals surface area contributed by atoms with Crippen molar-refractivity contribution in [2.45, 2.75) is 65.5 Å². The molecule has 1 aromatic rings. The van der Waals surface area contributed by atoms with E-state index in [1.165, 1.54) is 18.4 Å². The van der Waals surface area contributed by atoms with Gasteiger partial charge in [0.25, 0.3) is 0 Å². The van der Waals surface area contributed by atoms with Crippen LogP contribution < -0.4 is 5.32 Å². The molecule has 1 aromatic heterocycles. The summed E-state index contributed by atoms with van der Waals surface area (Å²) in [6.45, 7) is 12.0. The Morgan fingerprint density at radius 1 is 1.29 bits per heavy atom. The van der Waals surface area contributed by atoms with Crippen molar-refractivity contribution in [1.29, 1.82) is 0 Å². The minimum absolute atomic E-state index is 0.239. The van der Waals surface area contributed by atoms with Crippen molar-refractivity contribution in [3.8, 4) is 0 Å². The van der Waals surface area contributed by atoms with Crippen LogP contribution in [0.5, 0.6) is 0 Å². The lowest BCUT2D eigenvalue weighted by atomic mass is 10.1. The molecule has 0 aliphatic heterocycles. The molecule has 1 heterocycles. The van der Waals surface area contributed by atoms with Crippen LogP contribution in [0.1, 0.15) is 59.1 Å². The topological polar surface area (TPSA) is 29.9 Å². The van der Waals surface area contributed by atoms with Gasteiger partial charge in [0, 0.05) is 17.8 Å². The van der Waals surface area contributed by atoms with E-state index in [1.807, 2.05) is 10.9 Å². The van der Waals surface area contributed by atoms with E-state index < -0.39 is 0 Å². The molecule has 0 aromatic carbocycles. The van der Waals surface area contributed by atoms with E-state index >= 15 is 0 Å². The zero-order valence-electron chi connectivity index (χ0n) is 12.0. The Balaban J connectivity index is 2.18. The minimum Gasteiger partial charge on any atom is -0.312 e. The molecule has 0 unspecified atom stereocenters. The zero-order chi connectivity index (χ0) is 12.9. The number of aromatic nitrogens is 2. The summed E-state index contributed by atoms with van der Waals surface area (Å²) in [5.41, 5.74) is 1.59. The molecular formula is C14H27N3. The van der Waals surface area contributed by atoms with E-state index in [0.29, 0.717) is 6.04 Å². The molecule has 1 N–H and O–H groups in total. The Kier molecular flexibility index (Phi) is 5.19. The lowest BCUT2D eigenvalue weighted by Gasteiger charge is -2.20. The molecule has 0 radical (unpaired) electrons. The first kappa shape index (κ1) is 14.2. The average Bonchev–Trinajstić information content (AvgIpc) is 2.64. The van der Waals surface area contributed by atoms with Gasteiger partial charge in [-0.05, 0) is 66.0 Å². The number of unbranched alkanes of at least 4 members (excludes halogenated alkanes) is 1. The molecular weight excluding hydrogens is 210 g/mol. The third kappa shape index (κ3) is 5.87. The zero-order valence-corrected chi connectivity index (χ0v) is 12.0. The average molecular weight is 237 g/mol. The fourth-order valence-electron chi connectivity index (χ4n) is 1.71. The molecule has 98 valence electrons. The highest BCUT2D eigenvalue weighted by molar-refractivity contribution is 5.04. The van der Waals surface area contributed by atoms with Gasteiger partial charge < -0.3 is 5.32 Å². The quantitative estimate of drug-likeness (QED) is 0.770. The Morgan fingerprint density at radius 2 is 2.00 bits per heavy atom. The number of aryl methyl sites for hydroxylation is 1. The van der Waals surface area contributed by atoms with Gasteiger partial charge in [-0.3, -0.25) is 4.68 Å². The van der Waals surface area contributed by atoms with E-state index in [1.54, 1.807) is 0 Å². The smallest absolute Gasteiger partial charge is 0.0521 e. The van der Waals surface area contributed by atoms with Gasteiger partial charge in [-0.1, -0.05) is 0 Å². The second kappa shape index (κ2) is 6.20. The van der Waals surface area contributed by atoms with E-state index in [-0.39, 0.29) is 5.54 Å². The highest BCUT2D eigenvalue weighted by atomic mass is 15.3. The molecule has 0 bridgehead atoms. The van der Waals surface area contributed by atoms with Gasteiger partial charge >= 0.3 is 0 Å². The van der Waals surface area contributed by atoms with Crippen molar-refractivity contribution < 1.29 is 0 Å². The van der Waals surface area contributed by atoms with Crippen LogP contribution in [0.15, 0.2) is 12.4 Å². The lowest BCUT2D eigenvalue weighted by Crippen LogP contribution is -2.36. The monoisotopic (exact) mass is 237 g/mol. The first-order chi connectivity index (χ1) is 7.88. The van der Waals surface area contributed by atoms with Gasteiger partial charge in [0.1, 0.15) is 0 Å². The maximum atomic E-state index is 4.35. The molecule has 0 saturated heterocycles. The molecule has 0 amide bonds. The lowest BCUT2D eigenvalue weighted by molar-refractivity contribution is 0.419. The summed E-state index contributed by atoms with van der Waals surface area (Å²) in [6.07, 6.45) is 7.76. The second-order valence-corrected chi connectivity index (χ2v) is 6.06. The van der Waals surface area contributed by atoms with Crippen molar-refractivity contribution in [2.24, 2.45) is 0 Å². The summed E-state index contributed by atoms with van der Waals surface area (Å²) >= 11 is 0. The van der Waals surface area contributed by atoms with Crippen LogP contribution in [0.25, 0.3) is 0 Å². The molecule has 0 spiro atoms. The predicted molar refractivity (Wildman–Crippen MR) is 73.3 cm³/mol. The van der Waals surface area contributed by atoms with Gasteiger partial charge in [-0.2, -0.15) is 5.10 Å². The van der Waals surface area contributed by atoms with Crippen LogP contribution in [0.2, 0.25) is 0 Å². The summed E-state index contributed by atoms with van der Waals surface area (Å²) in [5.74, 6) is 0. The van der Waals surface area contributed by atoms with Gasteiger partial charge in [0.15, 0.2) is 0 Å². The Hall–Kier alpha value is -0.830. The van der Waals surface area contributed by atoms with Crippen molar-refractivity contribution >= 4 is 0 Å². The van der Waals surface area contributed by atoms with Gasteiger partial charge in [0.2, 0.25) is 0 Å². The van der Waals surface area contributed by atoms with Crippen molar-refractivity contribution in [3.63, 3.8) is 0 Å². The van der Waals surface area contributed by atoms with Gasteiger partial charge in [-0.25, -0.2) is 0 Å². The number of rotatable bonds is 6. The Labute approximate surface area is 106 Å². The van der Waals surface area contributed by atoms with Crippen LogP contribution in [0.4, 0.5) is 0 Å². The van der Waals surface area contributed by atoms with Crippen LogP contribution in [0.3, 0.4) is 0 Å². The summed E-state index contributed by atoms with van der Waals surface area (Å²) in [6, 6.07) is 0.464. The first-order valence-corrected chi connectivity index (χ1v) is 6.66. The van der Waals surface area contributed by atoms with Crippen LogP contribution >= 0.6 is 0 Å². The van der Waals surface area contributed by atoms with Crippen molar-refractivity contribution in [1.82, 2.24) is 15.1 Å². The summed E-state index contributed by atoms with van der Waals surface area (Å²) in [5, 5.41) is 7.87. The SMILES string of the molecule is CC(C)n1cc(CCCCNC(C)(C)C)cn1. The minimum atomic E-state index is 0.239. The van der Waals surface area contributed by atoms with Gasteiger partial charge in [0.05, 0.1) is 6.20 Å². The summed E-state index contributed by atoms with van der Waals surface area (Å²) < 4.78 is 2.03. The van der Waals surface area contributed by atoms with Crippen LogP contribution in [-0.2, 0) is 6.42 Å². The van der Waals surface area contributed by atoms with Crippen molar-refractivity contribution in [2.75, 3.05) is 6.54 Å². The number of hydrogen-bond donors (Lipinski definition) is 1. The number of nitrogens with one attached hydrogen (secondary N) is 1. The molecule has 0 aliphatic rings. The molecule has 3 heteroatoms. The third-order valence-corrected chi connectivity index (χ3v) is 2.73. The normalized spacial score (nSPS) is 12.4. The van der Waals surface area contributed by atoms with E-state index in [9.17, 15) is 0 Å². The second-order valence-electron chi connectivity index (χ2n) is 6.06. The van der Waals surface area contributed by atoms with Crippen LogP contribution in [0, 0.1) is 0 Å². The maximum Gasteiger partial charge on any atom is 0.0521 e. The number of nitrogens with zero attached hydrogens (tertiary/aromatic N) is 2. The largest absolute Gasteiger partial charge is 0.312 e. The maximum absolute atomic E-state index is 4.35. The molecule has 17 heavy (non-hydrogen) atoms. The number of hydrogen-bond acceptors (Lipinski definition) is 2. The third-order valence-electron chi connectivity index (χ3n) is 2.73. The van der Waals surface area contributed by atoms with Gasteiger partial charge in [-0.15, -0.1) is 0 Å². The predicted octanol–water partition coefficient (Wildman–Crippen LogP) is 3.17. The van der Waals surface area contributed by atoms with E-state index in [0.717, 1.165) is 13.0 Å². The molecule has 0 atom stereocenters. The molecule has 0 fully saturated rings. The van der Waals surface area contributed by atoms with Crippen molar-refractivity contribution in [3.05, 3.63) is 18.0 Å². The van der Waals surface area contributed by atoms with E-state index in [4.69, 9.17) is 0 Å². The highest BCUT2D eigenvalue weighted by Gasteiger charge is 2.07. The fraction of sp³-hybridized carbons (Fsp3) is 0.786. The van der Waals surface area contributed by atoms with E-state index in [2.05, 4.69) is 51.2 Å². The summed E-state index contributed by atoms with van der Waals surface area (Å²) in [7, 11) is 0. The molecule has 0 saturated carbocycles. The highest BCUT2D eigenvalue weighted by Crippen LogP contribution is 2.08. The Bertz CT molecular complexity index is 320.